The van der Waals surface area contributed by atoms with Gasteiger partial charge in [-0.1, -0.05) is 46.6 Å². The molecule has 0 radical (unpaired) electrons. The molecule has 2 rings (SSSR count). The van der Waals surface area contributed by atoms with Crippen LogP contribution in [0.1, 0.15) is 36.2 Å². The zero-order valence-electron chi connectivity index (χ0n) is 12.1. The Labute approximate surface area is 129 Å². The number of hydrogen-bond acceptors (Lipinski definition) is 2. The maximum absolute atomic E-state index is 4.45. The van der Waals surface area contributed by atoms with E-state index in [0.717, 1.165) is 29.6 Å². The van der Waals surface area contributed by atoms with Gasteiger partial charge in [-0.15, -0.1) is 0 Å². The number of rotatable bonds is 6. The average Bonchev–Trinajstić information content (AvgIpc) is 2.47. The van der Waals surface area contributed by atoms with E-state index in [4.69, 9.17) is 0 Å². The van der Waals surface area contributed by atoms with Crippen LogP contribution in [0.5, 0.6) is 0 Å². The van der Waals surface area contributed by atoms with E-state index >= 15 is 0 Å². The zero-order chi connectivity index (χ0) is 14.4. The van der Waals surface area contributed by atoms with E-state index in [2.05, 4.69) is 64.3 Å². The predicted octanol–water partition coefficient (Wildman–Crippen LogP) is 4.44. The summed E-state index contributed by atoms with van der Waals surface area (Å²) in [7, 11) is 0. The van der Waals surface area contributed by atoms with Gasteiger partial charge in [-0.25, -0.2) is 0 Å². The lowest BCUT2D eigenvalue weighted by molar-refractivity contribution is 0.522. The number of nitrogens with one attached hydrogen (secondary N) is 1. The molecule has 20 heavy (non-hydrogen) atoms. The fraction of sp³-hybridized carbons (Fsp3) is 0.353. The summed E-state index contributed by atoms with van der Waals surface area (Å²) in [6, 6.07) is 12.9. The molecular weight excluding hydrogens is 312 g/mol. The number of pyridine rings is 1. The van der Waals surface area contributed by atoms with Crippen molar-refractivity contribution in [2.75, 3.05) is 6.54 Å². The number of nitrogens with zero attached hydrogens (tertiary/aromatic N) is 1. The Bertz CT molecular complexity index is 540. The van der Waals surface area contributed by atoms with E-state index in [0.29, 0.717) is 6.04 Å². The quantitative estimate of drug-likeness (QED) is 0.846. The third kappa shape index (κ3) is 4.15. The molecular formula is C17H21BrN2. The van der Waals surface area contributed by atoms with Gasteiger partial charge in [0.25, 0.3) is 0 Å². The van der Waals surface area contributed by atoms with Gasteiger partial charge in [0.15, 0.2) is 0 Å². The first-order valence-corrected chi connectivity index (χ1v) is 7.89. The van der Waals surface area contributed by atoms with Crippen molar-refractivity contribution >= 4 is 15.9 Å². The van der Waals surface area contributed by atoms with Gasteiger partial charge in [0, 0.05) is 28.8 Å². The van der Waals surface area contributed by atoms with Gasteiger partial charge in [-0.3, -0.25) is 4.98 Å². The normalized spacial score (nSPS) is 12.3. The summed E-state index contributed by atoms with van der Waals surface area (Å²) in [5.74, 6) is 0. The summed E-state index contributed by atoms with van der Waals surface area (Å²) in [4.78, 5) is 4.45. The standard InChI is InChI=1S/C17H21BrN2/c1-3-9-20-17(12-14-6-4-5-10-19-14)15-11-13(2)7-8-16(15)18/h4-8,10-11,17,20H,3,9,12H2,1-2H3. The first-order valence-electron chi connectivity index (χ1n) is 7.10. The van der Waals surface area contributed by atoms with Gasteiger partial charge in [0.05, 0.1) is 0 Å². The average molecular weight is 333 g/mol. The molecule has 0 aliphatic heterocycles. The second-order valence-electron chi connectivity index (χ2n) is 5.06. The van der Waals surface area contributed by atoms with Crippen LogP contribution in [0.4, 0.5) is 0 Å². The number of benzene rings is 1. The predicted molar refractivity (Wildman–Crippen MR) is 87.9 cm³/mol. The second-order valence-corrected chi connectivity index (χ2v) is 5.91. The van der Waals surface area contributed by atoms with Crippen molar-refractivity contribution in [3.05, 3.63) is 63.9 Å². The van der Waals surface area contributed by atoms with Gasteiger partial charge in [-0.2, -0.15) is 0 Å². The Hall–Kier alpha value is -1.19. The number of hydrogen-bond donors (Lipinski definition) is 1. The highest BCUT2D eigenvalue weighted by atomic mass is 79.9. The lowest BCUT2D eigenvalue weighted by atomic mass is 9.99. The van der Waals surface area contributed by atoms with Crippen LogP contribution in [0.2, 0.25) is 0 Å². The van der Waals surface area contributed by atoms with Crippen molar-refractivity contribution in [1.82, 2.24) is 10.3 Å². The molecule has 1 unspecified atom stereocenters. The summed E-state index contributed by atoms with van der Waals surface area (Å²) in [6.07, 6.45) is 3.89. The number of aromatic nitrogens is 1. The number of halogens is 1. The summed E-state index contributed by atoms with van der Waals surface area (Å²) in [5, 5.41) is 3.63. The molecule has 1 aromatic carbocycles. The Kier molecular flexibility index (Phi) is 5.74. The first-order chi connectivity index (χ1) is 9.70. The lowest BCUT2D eigenvalue weighted by Crippen LogP contribution is -2.24. The van der Waals surface area contributed by atoms with Gasteiger partial charge in [0.1, 0.15) is 0 Å². The van der Waals surface area contributed by atoms with Crippen LogP contribution in [0, 0.1) is 6.92 Å². The maximum atomic E-state index is 4.45. The van der Waals surface area contributed by atoms with E-state index in [1.54, 1.807) is 0 Å². The minimum Gasteiger partial charge on any atom is -0.310 e. The van der Waals surface area contributed by atoms with Crippen molar-refractivity contribution < 1.29 is 0 Å². The van der Waals surface area contributed by atoms with E-state index in [9.17, 15) is 0 Å². The minimum atomic E-state index is 0.291. The molecule has 3 heteroatoms. The largest absolute Gasteiger partial charge is 0.310 e. The van der Waals surface area contributed by atoms with Crippen molar-refractivity contribution in [3.63, 3.8) is 0 Å². The van der Waals surface area contributed by atoms with Gasteiger partial charge in [-0.05, 0) is 43.7 Å². The molecule has 0 spiro atoms. The summed E-state index contributed by atoms with van der Waals surface area (Å²) >= 11 is 3.68. The molecule has 0 saturated heterocycles. The fourth-order valence-corrected chi connectivity index (χ4v) is 2.79. The van der Waals surface area contributed by atoms with Crippen LogP contribution in [-0.2, 0) is 6.42 Å². The summed E-state index contributed by atoms with van der Waals surface area (Å²) < 4.78 is 1.16. The van der Waals surface area contributed by atoms with Gasteiger partial charge >= 0.3 is 0 Å². The van der Waals surface area contributed by atoms with Crippen LogP contribution in [0.3, 0.4) is 0 Å². The molecule has 1 aromatic heterocycles. The van der Waals surface area contributed by atoms with Gasteiger partial charge < -0.3 is 5.32 Å². The van der Waals surface area contributed by atoms with Crippen molar-refractivity contribution in [1.29, 1.82) is 0 Å². The molecule has 0 aliphatic rings. The molecule has 0 bridgehead atoms. The smallest absolute Gasteiger partial charge is 0.0422 e. The molecule has 0 amide bonds. The van der Waals surface area contributed by atoms with E-state index in [1.807, 2.05) is 18.3 Å². The molecule has 1 N–H and O–H groups in total. The van der Waals surface area contributed by atoms with Crippen LogP contribution >= 0.6 is 15.9 Å². The lowest BCUT2D eigenvalue weighted by Gasteiger charge is -2.20. The van der Waals surface area contributed by atoms with Crippen molar-refractivity contribution in [3.8, 4) is 0 Å². The highest BCUT2D eigenvalue weighted by Gasteiger charge is 2.15. The van der Waals surface area contributed by atoms with Crippen LogP contribution in [-0.4, -0.2) is 11.5 Å². The Morgan fingerprint density at radius 1 is 1.25 bits per heavy atom. The van der Waals surface area contributed by atoms with E-state index < -0.39 is 0 Å². The van der Waals surface area contributed by atoms with Crippen LogP contribution in [0.15, 0.2) is 47.1 Å². The van der Waals surface area contributed by atoms with Crippen LogP contribution < -0.4 is 5.32 Å². The minimum absolute atomic E-state index is 0.291. The topological polar surface area (TPSA) is 24.9 Å². The zero-order valence-corrected chi connectivity index (χ0v) is 13.7. The monoisotopic (exact) mass is 332 g/mol. The third-order valence-electron chi connectivity index (χ3n) is 3.31. The Morgan fingerprint density at radius 2 is 2.10 bits per heavy atom. The van der Waals surface area contributed by atoms with Crippen molar-refractivity contribution in [2.24, 2.45) is 0 Å². The molecule has 106 valence electrons. The molecule has 2 nitrogen and oxygen atoms in total. The Balaban J connectivity index is 2.24. The van der Waals surface area contributed by atoms with Crippen LogP contribution in [0.25, 0.3) is 0 Å². The maximum Gasteiger partial charge on any atom is 0.0422 e. The van der Waals surface area contributed by atoms with Crippen molar-refractivity contribution in [2.45, 2.75) is 32.7 Å². The molecule has 1 heterocycles. The third-order valence-corrected chi connectivity index (χ3v) is 4.03. The highest BCUT2D eigenvalue weighted by Crippen LogP contribution is 2.27. The molecule has 0 aliphatic carbocycles. The Morgan fingerprint density at radius 3 is 2.80 bits per heavy atom. The number of aryl methyl sites for hydroxylation is 1. The molecule has 0 saturated carbocycles. The van der Waals surface area contributed by atoms with E-state index in [1.165, 1.54) is 11.1 Å². The highest BCUT2D eigenvalue weighted by molar-refractivity contribution is 9.10. The van der Waals surface area contributed by atoms with Gasteiger partial charge in [0.2, 0.25) is 0 Å². The summed E-state index contributed by atoms with van der Waals surface area (Å²) in [6.45, 7) is 5.33. The molecule has 1 atom stereocenters. The molecule has 0 fully saturated rings. The molecule has 2 aromatic rings. The first kappa shape index (κ1) is 15.2. The fourth-order valence-electron chi connectivity index (χ4n) is 2.27. The van der Waals surface area contributed by atoms with E-state index in [-0.39, 0.29) is 0 Å². The second kappa shape index (κ2) is 7.55. The SMILES string of the molecule is CCCNC(Cc1ccccn1)c1cc(C)ccc1Br. The summed E-state index contributed by atoms with van der Waals surface area (Å²) in [5.41, 5.74) is 3.71.